The van der Waals surface area contributed by atoms with Crippen LogP contribution in [0.5, 0.6) is 0 Å². The van der Waals surface area contributed by atoms with E-state index in [1.165, 1.54) is 6.07 Å². The number of fused-ring (bicyclic) bond motifs is 1. The van der Waals surface area contributed by atoms with Gasteiger partial charge in [-0.05, 0) is 24.3 Å². The maximum Gasteiger partial charge on any atom is 0.349 e. The second kappa shape index (κ2) is 5.73. The van der Waals surface area contributed by atoms with Gasteiger partial charge in [-0.15, -0.1) is 0 Å². The summed E-state index contributed by atoms with van der Waals surface area (Å²) in [5, 5.41) is 2.26. The first-order valence-corrected chi connectivity index (χ1v) is 6.78. The van der Waals surface area contributed by atoms with Crippen LogP contribution in [0.4, 0.5) is 5.69 Å². The van der Waals surface area contributed by atoms with Gasteiger partial charge < -0.3 is 4.42 Å². The second-order valence-corrected chi connectivity index (χ2v) is 4.82. The number of rotatable bonds is 3. The zero-order valence-electron chi connectivity index (χ0n) is 11.9. The van der Waals surface area contributed by atoms with Crippen LogP contribution in [0.1, 0.15) is 10.4 Å². The zero-order chi connectivity index (χ0) is 15.5. The molecule has 1 heterocycles. The van der Waals surface area contributed by atoms with Crippen LogP contribution >= 0.6 is 0 Å². The molecular weight excluding hydrogens is 280 g/mol. The van der Waals surface area contributed by atoms with Gasteiger partial charge in [-0.25, -0.2) is 4.79 Å². The lowest BCUT2D eigenvalue weighted by molar-refractivity contribution is 0.0948. The van der Waals surface area contributed by atoms with E-state index in [9.17, 15) is 9.59 Å². The first-order chi connectivity index (χ1) is 10.6. The lowest BCUT2D eigenvalue weighted by atomic mass is 10.2. The number of hydrogen-bond donors (Lipinski definition) is 1. The Hall–Kier alpha value is -3.08. The Balaban J connectivity index is 1.89. The minimum absolute atomic E-state index is 0.0264. The highest BCUT2D eigenvalue weighted by Crippen LogP contribution is 2.13. The van der Waals surface area contributed by atoms with E-state index >= 15 is 0 Å². The van der Waals surface area contributed by atoms with Gasteiger partial charge in [-0.3, -0.25) is 15.2 Å². The Morgan fingerprint density at radius 3 is 2.50 bits per heavy atom. The van der Waals surface area contributed by atoms with E-state index in [-0.39, 0.29) is 5.56 Å². The highest BCUT2D eigenvalue weighted by molar-refractivity contribution is 5.97. The predicted octanol–water partition coefficient (Wildman–Crippen LogP) is 2.57. The fourth-order valence-electron chi connectivity index (χ4n) is 2.15. The van der Waals surface area contributed by atoms with Crippen LogP contribution in [-0.2, 0) is 0 Å². The molecule has 1 N–H and O–H groups in total. The van der Waals surface area contributed by atoms with Crippen LogP contribution < -0.4 is 16.1 Å². The van der Waals surface area contributed by atoms with Crippen molar-refractivity contribution in [2.45, 2.75) is 0 Å². The molecule has 0 aliphatic carbocycles. The van der Waals surface area contributed by atoms with Crippen molar-refractivity contribution in [1.29, 1.82) is 0 Å². The molecule has 1 aromatic heterocycles. The third kappa shape index (κ3) is 2.69. The third-order valence-electron chi connectivity index (χ3n) is 3.30. The van der Waals surface area contributed by atoms with Gasteiger partial charge in [0.1, 0.15) is 11.1 Å². The Morgan fingerprint density at radius 1 is 1.05 bits per heavy atom. The molecule has 0 saturated carbocycles. The number of carbonyl (C=O) groups excluding carboxylic acids is 1. The van der Waals surface area contributed by atoms with Crippen LogP contribution in [0.2, 0.25) is 0 Å². The molecule has 3 aromatic rings. The van der Waals surface area contributed by atoms with Crippen LogP contribution in [0.15, 0.2) is 69.9 Å². The van der Waals surface area contributed by atoms with Crippen molar-refractivity contribution in [2.75, 3.05) is 12.1 Å². The molecule has 3 rings (SSSR count). The molecule has 2 aromatic carbocycles. The predicted molar refractivity (Wildman–Crippen MR) is 84.8 cm³/mol. The number of para-hydroxylation sites is 2. The van der Waals surface area contributed by atoms with Crippen LogP contribution in [0.3, 0.4) is 0 Å². The monoisotopic (exact) mass is 294 g/mol. The molecule has 5 nitrogen and oxygen atoms in total. The first kappa shape index (κ1) is 13.9. The molecule has 0 radical (unpaired) electrons. The number of nitrogens with one attached hydrogen (secondary N) is 1. The fraction of sp³-hybridized carbons (Fsp3) is 0.0588. The lowest BCUT2D eigenvalue weighted by Gasteiger charge is -2.19. The molecule has 0 spiro atoms. The van der Waals surface area contributed by atoms with E-state index in [0.29, 0.717) is 11.0 Å². The topological polar surface area (TPSA) is 62.6 Å². The largest absolute Gasteiger partial charge is 0.422 e. The van der Waals surface area contributed by atoms with Crippen molar-refractivity contribution in [3.8, 4) is 0 Å². The van der Waals surface area contributed by atoms with E-state index in [2.05, 4.69) is 5.43 Å². The summed E-state index contributed by atoms with van der Waals surface area (Å²) < 4.78 is 5.17. The Bertz CT molecular complexity index is 872. The molecule has 1 amide bonds. The highest BCUT2D eigenvalue weighted by atomic mass is 16.4. The van der Waals surface area contributed by atoms with E-state index in [1.54, 1.807) is 30.3 Å². The lowest BCUT2D eigenvalue weighted by Crippen LogP contribution is -2.41. The van der Waals surface area contributed by atoms with E-state index in [4.69, 9.17) is 4.42 Å². The van der Waals surface area contributed by atoms with Crippen LogP contribution in [-0.4, -0.2) is 13.0 Å². The van der Waals surface area contributed by atoms with Crippen molar-refractivity contribution in [3.05, 3.63) is 76.6 Å². The Kier molecular flexibility index (Phi) is 3.62. The summed E-state index contributed by atoms with van der Waals surface area (Å²) in [6, 6.07) is 17.9. The molecule has 110 valence electrons. The van der Waals surface area contributed by atoms with Gasteiger partial charge in [0.15, 0.2) is 0 Å². The molecule has 22 heavy (non-hydrogen) atoms. The standard InChI is InChI=1S/C17H14N2O3/c1-19(13-8-3-2-4-9-13)18-16(20)14-11-12-7-5-6-10-15(12)22-17(14)21/h2-11H,1H3,(H,18,20). The summed E-state index contributed by atoms with van der Waals surface area (Å²) >= 11 is 0. The number of benzene rings is 2. The van der Waals surface area contributed by atoms with E-state index in [1.807, 2.05) is 36.4 Å². The summed E-state index contributed by atoms with van der Waals surface area (Å²) in [4.78, 5) is 24.2. The van der Waals surface area contributed by atoms with Crippen LogP contribution in [0.25, 0.3) is 11.0 Å². The maximum atomic E-state index is 12.3. The molecule has 0 bridgehead atoms. The molecule has 0 fully saturated rings. The molecule has 5 heteroatoms. The van der Waals surface area contributed by atoms with Gasteiger partial charge >= 0.3 is 5.63 Å². The third-order valence-corrected chi connectivity index (χ3v) is 3.30. The molecule has 0 aliphatic rings. The molecule has 0 aliphatic heterocycles. The zero-order valence-corrected chi connectivity index (χ0v) is 11.9. The molecular formula is C17H14N2O3. The average molecular weight is 294 g/mol. The van der Waals surface area contributed by atoms with Crippen molar-refractivity contribution in [1.82, 2.24) is 5.43 Å². The van der Waals surface area contributed by atoms with Gasteiger partial charge in [0.2, 0.25) is 0 Å². The van der Waals surface area contributed by atoms with E-state index < -0.39 is 11.5 Å². The van der Waals surface area contributed by atoms with Crippen molar-refractivity contribution in [2.24, 2.45) is 0 Å². The van der Waals surface area contributed by atoms with Gasteiger partial charge in [-0.1, -0.05) is 36.4 Å². The number of anilines is 1. The van der Waals surface area contributed by atoms with Crippen molar-refractivity contribution in [3.63, 3.8) is 0 Å². The molecule has 0 saturated heterocycles. The number of hydrogen-bond acceptors (Lipinski definition) is 4. The molecule has 0 atom stereocenters. The smallest absolute Gasteiger partial charge is 0.349 e. The Morgan fingerprint density at radius 2 is 1.73 bits per heavy atom. The van der Waals surface area contributed by atoms with Gasteiger partial charge in [0.25, 0.3) is 5.91 Å². The quantitative estimate of drug-likeness (QED) is 0.595. The maximum absolute atomic E-state index is 12.3. The second-order valence-electron chi connectivity index (χ2n) is 4.82. The minimum Gasteiger partial charge on any atom is -0.422 e. The summed E-state index contributed by atoms with van der Waals surface area (Å²) in [5.74, 6) is -0.508. The first-order valence-electron chi connectivity index (χ1n) is 6.78. The van der Waals surface area contributed by atoms with E-state index in [0.717, 1.165) is 5.69 Å². The normalized spacial score (nSPS) is 10.4. The minimum atomic E-state index is -0.655. The SMILES string of the molecule is CN(NC(=O)c1cc2ccccc2oc1=O)c1ccccc1. The van der Waals surface area contributed by atoms with Gasteiger partial charge in [-0.2, -0.15) is 0 Å². The fourth-order valence-corrected chi connectivity index (χ4v) is 2.15. The number of hydrazine groups is 1. The summed E-state index contributed by atoms with van der Waals surface area (Å²) in [7, 11) is 1.70. The number of amides is 1. The summed E-state index contributed by atoms with van der Waals surface area (Å²) in [6.45, 7) is 0. The number of nitrogens with zero attached hydrogens (tertiary/aromatic N) is 1. The number of carbonyl (C=O) groups is 1. The summed E-state index contributed by atoms with van der Waals surface area (Å²) in [6.07, 6.45) is 0. The van der Waals surface area contributed by atoms with Crippen LogP contribution in [0, 0.1) is 0 Å². The summed E-state index contributed by atoms with van der Waals surface area (Å²) in [5.41, 5.74) is 3.24. The van der Waals surface area contributed by atoms with Crippen molar-refractivity contribution < 1.29 is 9.21 Å². The molecule has 0 unspecified atom stereocenters. The van der Waals surface area contributed by atoms with Crippen molar-refractivity contribution >= 4 is 22.6 Å². The highest BCUT2D eigenvalue weighted by Gasteiger charge is 2.15. The Labute approximate surface area is 126 Å². The van der Waals surface area contributed by atoms with Gasteiger partial charge in [0.05, 0.1) is 5.69 Å². The van der Waals surface area contributed by atoms with Gasteiger partial charge in [0, 0.05) is 12.4 Å². The average Bonchev–Trinajstić information content (AvgIpc) is 2.54.